The SMILES string of the molecule is CCON1C(C)(C)CC(OCC(O)CN(C2CC(C)(C)N(CC(O)COC3CC(C)(C)N(OCC)C(C)(C)C3)C(C)(C)C2)C2CC(C)(C)N3CC(COC4CC(C)(C)N(OCC)C(C)(C)C4)OC3(C)C2)CC1(C)C. The van der Waals surface area contributed by atoms with Crippen LogP contribution in [0.1, 0.15) is 217 Å². The van der Waals surface area contributed by atoms with E-state index in [1.54, 1.807) is 0 Å². The van der Waals surface area contributed by atoms with Crippen LogP contribution in [0.3, 0.4) is 0 Å². The number of hydroxylamine groups is 6. The first-order valence-electron chi connectivity index (χ1n) is 29.3. The Morgan fingerprint density at radius 2 is 0.811 bits per heavy atom. The first-order chi connectivity index (χ1) is 33.8. The van der Waals surface area contributed by atoms with Crippen LogP contribution < -0.4 is 0 Å². The van der Waals surface area contributed by atoms with Crippen LogP contribution in [-0.2, 0) is 33.5 Å². The first-order valence-corrected chi connectivity index (χ1v) is 29.3. The summed E-state index contributed by atoms with van der Waals surface area (Å²) in [4.78, 5) is 26.3. The van der Waals surface area contributed by atoms with Crippen molar-refractivity contribution in [1.82, 2.24) is 29.9 Å². The minimum Gasteiger partial charge on any atom is -0.389 e. The zero-order valence-corrected chi connectivity index (χ0v) is 51.5. The molecule has 0 amide bonds. The number of nitrogens with zero attached hydrogens (tertiary/aromatic N) is 6. The average Bonchev–Trinajstić information content (AvgIpc) is 3.59. The fourth-order valence-electron chi connectivity index (χ4n) is 16.6. The van der Waals surface area contributed by atoms with Gasteiger partial charge in [0.05, 0.1) is 76.3 Å². The third-order valence-corrected chi connectivity index (χ3v) is 18.1. The van der Waals surface area contributed by atoms with Crippen LogP contribution in [0.4, 0.5) is 0 Å². The van der Waals surface area contributed by atoms with E-state index in [1.165, 1.54) is 0 Å². The maximum atomic E-state index is 12.3. The number of hydrogen-bond acceptors (Lipinski definition) is 15. The molecule has 6 aliphatic heterocycles. The molecule has 0 radical (unpaired) electrons. The van der Waals surface area contributed by atoms with Crippen molar-refractivity contribution >= 4 is 0 Å². The second-order valence-electron chi connectivity index (χ2n) is 29.8. The normalized spacial score (nSPS) is 32.7. The fourth-order valence-corrected chi connectivity index (χ4v) is 16.6. The number of ether oxygens (including phenoxy) is 4. The minimum absolute atomic E-state index is 0.00123. The topological polar surface area (TPSA) is 125 Å². The number of likely N-dealkylation sites (tertiary alicyclic amines) is 1. The van der Waals surface area contributed by atoms with Gasteiger partial charge < -0.3 is 29.2 Å². The molecular weight excluding hydrogens is 937 g/mol. The highest BCUT2D eigenvalue weighted by atomic mass is 16.7. The zero-order chi connectivity index (χ0) is 55.5. The van der Waals surface area contributed by atoms with Gasteiger partial charge in [0.15, 0.2) is 0 Å². The molecule has 2 N–H and O–H groups in total. The molecule has 0 saturated carbocycles. The van der Waals surface area contributed by atoms with Crippen molar-refractivity contribution in [2.24, 2.45) is 0 Å². The number of hydrogen-bond donors (Lipinski definition) is 2. The number of aliphatic hydroxyl groups is 2. The molecular formula is C59H114N6O9. The van der Waals surface area contributed by atoms with Gasteiger partial charge in [-0.2, -0.15) is 15.2 Å². The molecule has 74 heavy (non-hydrogen) atoms. The van der Waals surface area contributed by atoms with Crippen molar-refractivity contribution in [1.29, 1.82) is 0 Å². The largest absolute Gasteiger partial charge is 0.389 e. The summed E-state index contributed by atoms with van der Waals surface area (Å²) < 4.78 is 27.5. The predicted octanol–water partition coefficient (Wildman–Crippen LogP) is 9.36. The maximum Gasteiger partial charge on any atom is 0.121 e. The molecule has 5 atom stereocenters. The predicted molar refractivity (Wildman–Crippen MR) is 295 cm³/mol. The highest BCUT2D eigenvalue weighted by Gasteiger charge is 2.58. The second-order valence-corrected chi connectivity index (χ2v) is 29.8. The van der Waals surface area contributed by atoms with Crippen LogP contribution in [0.25, 0.3) is 0 Å². The number of rotatable bonds is 21. The molecule has 6 fully saturated rings. The van der Waals surface area contributed by atoms with Gasteiger partial charge in [-0.15, -0.1) is 0 Å². The summed E-state index contributed by atoms with van der Waals surface area (Å²) in [5, 5.41) is 30.7. The van der Waals surface area contributed by atoms with E-state index in [0.717, 1.165) is 70.8 Å². The van der Waals surface area contributed by atoms with Crippen LogP contribution >= 0.6 is 0 Å². The van der Waals surface area contributed by atoms with Gasteiger partial charge in [-0.1, -0.05) is 0 Å². The Morgan fingerprint density at radius 3 is 1.20 bits per heavy atom. The van der Waals surface area contributed by atoms with Gasteiger partial charge in [-0.3, -0.25) is 29.2 Å². The van der Waals surface area contributed by atoms with Gasteiger partial charge >= 0.3 is 0 Å². The van der Waals surface area contributed by atoms with Crippen molar-refractivity contribution in [3.63, 3.8) is 0 Å². The molecule has 0 aromatic carbocycles. The van der Waals surface area contributed by atoms with E-state index < -0.39 is 17.9 Å². The summed E-state index contributed by atoms with van der Waals surface area (Å²) in [6, 6.07) is 0.305. The summed E-state index contributed by atoms with van der Waals surface area (Å²) in [6.07, 6.45) is 7.38. The van der Waals surface area contributed by atoms with Gasteiger partial charge in [0.2, 0.25) is 0 Å². The molecule has 6 aliphatic rings. The Kier molecular flexibility index (Phi) is 19.2. The van der Waals surface area contributed by atoms with Gasteiger partial charge in [0, 0.05) is 88.0 Å². The van der Waals surface area contributed by atoms with Gasteiger partial charge in [-0.05, 0) is 210 Å². The summed E-state index contributed by atoms with van der Waals surface area (Å²) in [5.41, 5.74) is -2.35. The Balaban J connectivity index is 1.18. The van der Waals surface area contributed by atoms with E-state index in [9.17, 15) is 10.2 Å². The lowest BCUT2D eigenvalue weighted by Crippen LogP contribution is -2.69. The number of fused-ring (bicyclic) bond motifs is 1. The molecule has 0 aliphatic carbocycles. The lowest BCUT2D eigenvalue weighted by Gasteiger charge is -2.60. The minimum atomic E-state index is -0.688. The van der Waals surface area contributed by atoms with Gasteiger partial charge in [0.25, 0.3) is 0 Å². The molecule has 5 unspecified atom stereocenters. The van der Waals surface area contributed by atoms with Crippen molar-refractivity contribution in [2.45, 2.75) is 321 Å². The van der Waals surface area contributed by atoms with Crippen molar-refractivity contribution in [2.75, 3.05) is 59.3 Å². The van der Waals surface area contributed by atoms with Gasteiger partial charge in [0.1, 0.15) is 5.72 Å². The van der Waals surface area contributed by atoms with E-state index in [1.807, 2.05) is 13.8 Å². The highest BCUT2D eigenvalue weighted by Crippen LogP contribution is 2.49. The Morgan fingerprint density at radius 1 is 0.459 bits per heavy atom. The Bertz CT molecular complexity index is 1750. The standard InChI is InChI=1S/C59H114N6O9/c1-23-71-63-53(10,11)30-46(31-54(63,12)13)68-39-44(66)36-60(42-26-50(4,5)61(51(6,7)27-42)37-45(67)40-69-47-32-55(14,15)64(72-24-2)56(16,17)33-47)43-28-52(8,9)62-38-49(74-59(62,22)29-43)41-70-48-34-57(18,19)65(73-25-3)58(20,21)35-48/h42-49,66-67H,23-41H2,1-22H3. The number of piperidine rings is 5. The van der Waals surface area contributed by atoms with E-state index in [0.29, 0.717) is 39.5 Å². The molecule has 0 bridgehead atoms. The summed E-state index contributed by atoms with van der Waals surface area (Å²) in [7, 11) is 0. The van der Waals surface area contributed by atoms with E-state index >= 15 is 0 Å². The lowest BCUT2D eigenvalue weighted by atomic mass is 9.74. The van der Waals surface area contributed by atoms with Crippen molar-refractivity contribution in [3.8, 4) is 0 Å². The maximum absolute atomic E-state index is 12.3. The lowest BCUT2D eigenvalue weighted by molar-refractivity contribution is -0.293. The van der Waals surface area contributed by atoms with Crippen LogP contribution in [0.15, 0.2) is 0 Å². The molecule has 15 heteroatoms. The third-order valence-electron chi connectivity index (χ3n) is 18.1. The second kappa shape index (κ2) is 22.7. The summed E-state index contributed by atoms with van der Waals surface area (Å²) >= 11 is 0. The molecule has 6 saturated heterocycles. The zero-order valence-electron chi connectivity index (χ0n) is 51.5. The summed E-state index contributed by atoms with van der Waals surface area (Å²) in [5.74, 6) is 0. The highest BCUT2D eigenvalue weighted by molar-refractivity contribution is 5.10. The van der Waals surface area contributed by atoms with E-state index in [-0.39, 0.29) is 99.6 Å². The molecule has 0 spiro atoms. The van der Waals surface area contributed by atoms with Crippen LogP contribution in [0, 0.1) is 0 Å². The molecule has 6 rings (SSSR count). The van der Waals surface area contributed by atoms with Crippen LogP contribution in [0.5, 0.6) is 0 Å². The molecule has 15 nitrogen and oxygen atoms in total. The van der Waals surface area contributed by atoms with Crippen molar-refractivity contribution in [3.05, 3.63) is 0 Å². The first kappa shape index (κ1) is 62.6. The monoisotopic (exact) mass is 1050 g/mol. The summed E-state index contributed by atoms with van der Waals surface area (Å²) in [6.45, 7) is 54.4. The third kappa shape index (κ3) is 14.1. The average molecular weight is 1050 g/mol. The Labute approximate surface area is 452 Å². The van der Waals surface area contributed by atoms with Crippen molar-refractivity contribution < 1.29 is 43.7 Å². The molecule has 434 valence electrons. The number of β-amino-alcohol motifs (C(OH)–C–C–N with tert-alkyl or cyclic N) is 1. The number of aliphatic hydroxyl groups excluding tert-OH is 2. The Hall–Kier alpha value is -0.600. The molecule has 0 aromatic heterocycles. The molecule has 0 aromatic rings. The fraction of sp³-hybridized carbons (Fsp3) is 1.00. The van der Waals surface area contributed by atoms with Crippen LogP contribution in [0.2, 0.25) is 0 Å². The van der Waals surface area contributed by atoms with Crippen LogP contribution in [-0.4, -0.2) is 204 Å². The smallest absolute Gasteiger partial charge is 0.121 e. The quantitative estimate of drug-likeness (QED) is 0.113. The van der Waals surface area contributed by atoms with Gasteiger partial charge in [-0.25, -0.2) is 0 Å². The van der Waals surface area contributed by atoms with E-state index in [2.05, 4.69) is 168 Å². The molecule has 6 heterocycles. The van der Waals surface area contributed by atoms with E-state index in [4.69, 9.17) is 33.5 Å².